The van der Waals surface area contributed by atoms with Crippen molar-refractivity contribution in [1.29, 1.82) is 0 Å². The second kappa shape index (κ2) is 2.71. The number of nitrogens with zero attached hydrogens (tertiary/aromatic N) is 3. The quantitative estimate of drug-likeness (QED) is 0.342. The molecule has 0 aliphatic carbocycles. The first-order valence-corrected chi connectivity index (χ1v) is 2.75. The van der Waals surface area contributed by atoms with Gasteiger partial charge in [-0.1, -0.05) is 12.0 Å². The third-order valence-electron chi connectivity index (χ3n) is 1.25. The summed E-state index contributed by atoms with van der Waals surface area (Å²) in [6.45, 7) is 4.87. The number of rotatable bonds is 2. The van der Waals surface area contributed by atoms with Crippen molar-refractivity contribution in [3.8, 4) is 0 Å². The summed E-state index contributed by atoms with van der Waals surface area (Å²) >= 11 is 0. The minimum atomic E-state index is -0.910. The van der Waals surface area contributed by atoms with Gasteiger partial charge in [0, 0.05) is 4.91 Å². The molecule has 0 bridgehead atoms. The first-order chi connectivity index (χ1) is 3.98. The van der Waals surface area contributed by atoms with E-state index in [2.05, 4.69) is 10.0 Å². The lowest BCUT2D eigenvalue weighted by molar-refractivity contribution is 0.0584. The molecule has 0 rings (SSSR count). The van der Waals surface area contributed by atoms with E-state index in [9.17, 15) is 0 Å². The molecule has 0 aromatic rings. The Labute approximate surface area is 54.1 Å². The zero-order valence-electron chi connectivity index (χ0n) is 5.87. The van der Waals surface area contributed by atoms with Crippen molar-refractivity contribution in [2.75, 3.05) is 0 Å². The summed E-state index contributed by atoms with van der Waals surface area (Å²) in [4.78, 5) is 2.57. The van der Waals surface area contributed by atoms with Crippen LogP contribution in [0.3, 0.4) is 0 Å². The highest BCUT2D eigenvalue weighted by Crippen LogP contribution is 2.10. The van der Waals surface area contributed by atoms with Crippen LogP contribution < -0.4 is 0 Å². The van der Waals surface area contributed by atoms with Gasteiger partial charge in [-0.25, -0.2) is 0 Å². The smallest absolute Gasteiger partial charge is 0.0673 e. The van der Waals surface area contributed by atoms with Crippen molar-refractivity contribution in [3.63, 3.8) is 0 Å². The molecule has 0 aromatic heterocycles. The molecule has 4 heteroatoms. The molecule has 1 N–H and O–H groups in total. The van der Waals surface area contributed by atoms with Crippen LogP contribution in [0.15, 0.2) is 5.11 Å². The van der Waals surface area contributed by atoms with Crippen LogP contribution in [0.25, 0.3) is 10.4 Å². The molecule has 0 spiro atoms. The summed E-state index contributed by atoms with van der Waals surface area (Å²) < 4.78 is 0. The first-order valence-electron chi connectivity index (χ1n) is 2.75. The lowest BCUT2D eigenvalue weighted by Gasteiger charge is -2.20. The van der Waals surface area contributed by atoms with E-state index in [1.54, 1.807) is 20.8 Å². The fourth-order valence-corrected chi connectivity index (χ4v) is 0.219. The Balaban J connectivity index is 4.03. The fraction of sp³-hybridized carbons (Fsp3) is 1.00. The van der Waals surface area contributed by atoms with E-state index in [0.29, 0.717) is 0 Å². The van der Waals surface area contributed by atoms with Crippen molar-refractivity contribution < 1.29 is 5.11 Å². The minimum absolute atomic E-state index is 0.373. The van der Waals surface area contributed by atoms with Crippen molar-refractivity contribution >= 4 is 0 Å². The van der Waals surface area contributed by atoms with Gasteiger partial charge in [-0.15, -0.1) is 0 Å². The maximum Gasteiger partial charge on any atom is 0.0673 e. The molecule has 0 aromatic carbocycles. The third kappa shape index (κ3) is 2.95. The largest absolute Gasteiger partial charge is 0.390 e. The van der Waals surface area contributed by atoms with Gasteiger partial charge in [0.15, 0.2) is 0 Å². The van der Waals surface area contributed by atoms with E-state index in [4.69, 9.17) is 10.6 Å². The third-order valence-corrected chi connectivity index (χ3v) is 1.25. The van der Waals surface area contributed by atoms with Crippen LogP contribution in [0.1, 0.15) is 20.8 Å². The molecule has 0 radical (unpaired) electrons. The molecule has 0 aliphatic rings. The standard InChI is InChI=1S/C5H11N3O/c1-4(7-8-6)5(2,3)9/h4,9H,1-3H3/t4-/m0/s1. The van der Waals surface area contributed by atoms with E-state index in [1.807, 2.05) is 0 Å². The van der Waals surface area contributed by atoms with E-state index < -0.39 is 5.60 Å². The Bertz CT molecular complexity index is 132. The Hall–Kier alpha value is -0.730. The maximum absolute atomic E-state index is 9.15. The van der Waals surface area contributed by atoms with Gasteiger partial charge in [-0.3, -0.25) is 0 Å². The van der Waals surface area contributed by atoms with Gasteiger partial charge in [-0.2, -0.15) is 0 Å². The summed E-state index contributed by atoms with van der Waals surface area (Å²) in [5.41, 5.74) is 7.04. The van der Waals surface area contributed by atoms with Gasteiger partial charge < -0.3 is 5.11 Å². The summed E-state index contributed by atoms with van der Waals surface area (Å²) in [6.07, 6.45) is 0. The number of hydrogen-bond acceptors (Lipinski definition) is 2. The maximum atomic E-state index is 9.15. The van der Waals surface area contributed by atoms with E-state index >= 15 is 0 Å². The van der Waals surface area contributed by atoms with E-state index in [0.717, 1.165) is 0 Å². The van der Waals surface area contributed by atoms with Crippen LogP contribution in [-0.4, -0.2) is 16.7 Å². The summed E-state index contributed by atoms with van der Waals surface area (Å²) in [6, 6.07) is -0.373. The highest BCUT2D eigenvalue weighted by atomic mass is 16.3. The number of hydrogen-bond donors (Lipinski definition) is 1. The Kier molecular flexibility index (Phi) is 2.49. The van der Waals surface area contributed by atoms with Gasteiger partial charge in [0.1, 0.15) is 0 Å². The molecule has 0 aliphatic heterocycles. The lowest BCUT2D eigenvalue weighted by atomic mass is 10.0. The predicted octanol–water partition coefficient (Wildman–Crippen LogP) is 1.46. The van der Waals surface area contributed by atoms with E-state index in [-0.39, 0.29) is 6.04 Å². The molecular formula is C5H11N3O. The van der Waals surface area contributed by atoms with E-state index in [1.165, 1.54) is 0 Å². The molecular weight excluding hydrogens is 118 g/mol. The summed E-state index contributed by atoms with van der Waals surface area (Å²) in [5.74, 6) is 0. The number of azide groups is 1. The van der Waals surface area contributed by atoms with Crippen molar-refractivity contribution in [2.24, 2.45) is 5.11 Å². The van der Waals surface area contributed by atoms with Gasteiger partial charge in [0.05, 0.1) is 11.6 Å². The van der Waals surface area contributed by atoms with Crippen LogP contribution >= 0.6 is 0 Å². The molecule has 0 unspecified atom stereocenters. The van der Waals surface area contributed by atoms with Crippen LogP contribution in [-0.2, 0) is 0 Å². The summed E-state index contributed by atoms with van der Waals surface area (Å²) in [7, 11) is 0. The van der Waals surface area contributed by atoms with Crippen molar-refractivity contribution in [2.45, 2.75) is 32.4 Å². The van der Waals surface area contributed by atoms with Gasteiger partial charge >= 0.3 is 0 Å². The molecule has 0 saturated carbocycles. The second-order valence-electron chi connectivity index (χ2n) is 2.53. The van der Waals surface area contributed by atoms with Crippen LogP contribution in [0.4, 0.5) is 0 Å². The molecule has 0 amide bonds. The van der Waals surface area contributed by atoms with Gasteiger partial charge in [0.25, 0.3) is 0 Å². The Morgan fingerprint density at radius 1 is 1.67 bits per heavy atom. The molecule has 1 atom stereocenters. The molecule has 0 saturated heterocycles. The molecule has 0 fully saturated rings. The molecule has 0 heterocycles. The Morgan fingerprint density at radius 3 is 2.22 bits per heavy atom. The highest BCUT2D eigenvalue weighted by molar-refractivity contribution is 4.79. The normalized spacial score (nSPS) is 14.2. The zero-order chi connectivity index (χ0) is 7.49. The van der Waals surface area contributed by atoms with Crippen molar-refractivity contribution in [3.05, 3.63) is 10.4 Å². The monoisotopic (exact) mass is 129 g/mol. The highest BCUT2D eigenvalue weighted by Gasteiger charge is 2.20. The van der Waals surface area contributed by atoms with Crippen molar-refractivity contribution in [1.82, 2.24) is 0 Å². The summed E-state index contributed by atoms with van der Waals surface area (Å²) in [5, 5.41) is 12.5. The van der Waals surface area contributed by atoms with Crippen LogP contribution in [0.2, 0.25) is 0 Å². The molecule has 9 heavy (non-hydrogen) atoms. The SMILES string of the molecule is C[C@H](N=[N+]=[N-])C(C)(C)O. The van der Waals surface area contributed by atoms with Crippen LogP contribution in [0, 0.1) is 0 Å². The number of aliphatic hydroxyl groups is 1. The van der Waals surface area contributed by atoms with Crippen LogP contribution in [0.5, 0.6) is 0 Å². The average Bonchev–Trinajstić information content (AvgIpc) is 1.64. The second-order valence-corrected chi connectivity index (χ2v) is 2.53. The minimum Gasteiger partial charge on any atom is -0.390 e. The molecule has 52 valence electrons. The zero-order valence-corrected chi connectivity index (χ0v) is 5.87. The molecule has 4 nitrogen and oxygen atoms in total. The fourth-order valence-electron chi connectivity index (χ4n) is 0.219. The average molecular weight is 129 g/mol. The van der Waals surface area contributed by atoms with Gasteiger partial charge in [0.2, 0.25) is 0 Å². The topological polar surface area (TPSA) is 69.0 Å². The lowest BCUT2D eigenvalue weighted by Crippen LogP contribution is -2.31. The predicted molar refractivity (Wildman–Crippen MR) is 34.9 cm³/mol. The van der Waals surface area contributed by atoms with Gasteiger partial charge in [-0.05, 0) is 19.4 Å². The first kappa shape index (κ1) is 8.27. The Morgan fingerprint density at radius 2 is 2.11 bits per heavy atom.